The summed E-state index contributed by atoms with van der Waals surface area (Å²) in [7, 11) is 0. The Hall–Kier alpha value is -6.00. The molecule has 14 rings (SSSR count). The quantitative estimate of drug-likeness (QED) is 0.163. The maximum atomic E-state index is 2.86. The van der Waals surface area contributed by atoms with E-state index in [1.165, 1.54) is 162 Å². The van der Waals surface area contributed by atoms with Crippen LogP contribution in [0.15, 0.2) is 127 Å². The highest BCUT2D eigenvalue weighted by Crippen LogP contribution is 2.63. The van der Waals surface area contributed by atoms with E-state index in [0.717, 1.165) is 12.8 Å². The molecule has 0 saturated heterocycles. The molecule has 3 nitrogen and oxygen atoms in total. The van der Waals surface area contributed by atoms with Crippen molar-refractivity contribution in [2.75, 3.05) is 14.7 Å². The molecule has 1 fully saturated rings. The molecule has 416 valence electrons. The molecule has 1 saturated carbocycles. The predicted molar refractivity (Wildman–Crippen MR) is 349 cm³/mol. The molecule has 7 aromatic rings. The number of para-hydroxylation sites is 1. The highest BCUT2D eigenvalue weighted by molar-refractivity contribution is 7.00. The van der Waals surface area contributed by atoms with Gasteiger partial charge in [-0.25, -0.2) is 0 Å². The number of anilines is 8. The van der Waals surface area contributed by atoms with Gasteiger partial charge < -0.3 is 14.7 Å². The van der Waals surface area contributed by atoms with Gasteiger partial charge in [0.1, 0.15) is 0 Å². The average Bonchev–Trinajstić information content (AvgIpc) is 2.00. The third-order valence-corrected chi connectivity index (χ3v) is 23.1. The maximum absolute atomic E-state index is 2.86. The summed E-state index contributed by atoms with van der Waals surface area (Å²) in [5.74, 6) is 0. The van der Waals surface area contributed by atoms with E-state index < -0.39 is 0 Å². The minimum Gasteiger partial charge on any atom is -0.334 e. The normalized spacial score (nSPS) is 24.3. The van der Waals surface area contributed by atoms with Crippen LogP contribution in [-0.2, 0) is 43.3 Å². The Morgan fingerprint density at radius 1 is 0.383 bits per heavy atom. The van der Waals surface area contributed by atoms with Crippen molar-refractivity contribution in [1.29, 1.82) is 0 Å². The molecule has 0 spiro atoms. The lowest BCUT2D eigenvalue weighted by Gasteiger charge is -2.51. The molecule has 7 aromatic carbocycles. The smallest absolute Gasteiger partial charge is 0.252 e. The van der Waals surface area contributed by atoms with Crippen LogP contribution < -0.4 is 31.1 Å². The molecular weight excluding hydrogens is 978 g/mol. The molecule has 2 unspecified atom stereocenters. The summed E-state index contributed by atoms with van der Waals surface area (Å²) < 4.78 is 0. The van der Waals surface area contributed by atoms with Crippen molar-refractivity contribution in [3.8, 4) is 11.1 Å². The highest BCUT2D eigenvalue weighted by atomic mass is 15.3. The van der Waals surface area contributed by atoms with Crippen molar-refractivity contribution in [2.24, 2.45) is 0 Å². The van der Waals surface area contributed by atoms with Gasteiger partial charge >= 0.3 is 0 Å². The van der Waals surface area contributed by atoms with E-state index in [4.69, 9.17) is 0 Å². The molecule has 4 aliphatic carbocycles. The van der Waals surface area contributed by atoms with Crippen LogP contribution >= 0.6 is 0 Å². The van der Waals surface area contributed by atoms with Gasteiger partial charge in [-0.3, -0.25) is 0 Å². The summed E-state index contributed by atoms with van der Waals surface area (Å²) in [5, 5.41) is 0. The minimum absolute atomic E-state index is 0.00476. The van der Waals surface area contributed by atoms with Gasteiger partial charge in [0.15, 0.2) is 0 Å². The third-order valence-electron chi connectivity index (χ3n) is 23.1. The number of benzene rings is 7. The summed E-state index contributed by atoms with van der Waals surface area (Å²) >= 11 is 0. The minimum atomic E-state index is -0.139. The second-order valence-electron chi connectivity index (χ2n) is 32.1. The predicted octanol–water partition coefficient (Wildman–Crippen LogP) is 19.1. The van der Waals surface area contributed by atoms with E-state index in [2.05, 4.69) is 260 Å². The SMILES string of the molecule is CC(C)(C)c1ccc(N2c3cc4c(cc3B3c5cc6c(cc5N(c5ccc7c(c5)C(C)(C)CCC7(C)C)c5cc(N7c8ccccc8C8(C)CCCCC78C)cc2c53)C(C)(C)CCC6(C)C)C(C)(C)CC4(C)C)c(-c2ccccc2)c1. The number of nitrogens with zero attached hydrogens (tertiary/aromatic N) is 3. The molecule has 2 atom stereocenters. The lowest BCUT2D eigenvalue weighted by Crippen LogP contribution is -2.62. The van der Waals surface area contributed by atoms with Gasteiger partial charge in [0.05, 0.1) is 11.2 Å². The first-order valence-electron chi connectivity index (χ1n) is 31.4. The number of hydrogen-bond donors (Lipinski definition) is 0. The Kier molecular flexibility index (Phi) is 11.0. The molecule has 3 aliphatic heterocycles. The van der Waals surface area contributed by atoms with Crippen LogP contribution in [-0.4, -0.2) is 12.3 Å². The van der Waals surface area contributed by atoms with E-state index >= 15 is 0 Å². The van der Waals surface area contributed by atoms with Crippen LogP contribution in [0.1, 0.15) is 220 Å². The maximum Gasteiger partial charge on any atom is 0.252 e. The number of rotatable bonds is 4. The highest BCUT2D eigenvalue weighted by Gasteiger charge is 2.59. The molecule has 4 heteroatoms. The van der Waals surface area contributed by atoms with Crippen LogP contribution in [0.3, 0.4) is 0 Å². The second kappa shape index (κ2) is 16.8. The molecular formula is C77H90BN3. The Bertz CT molecular complexity index is 3800. The van der Waals surface area contributed by atoms with Crippen molar-refractivity contribution in [2.45, 2.75) is 224 Å². The van der Waals surface area contributed by atoms with Crippen molar-refractivity contribution < 1.29 is 0 Å². The zero-order chi connectivity index (χ0) is 57.1. The van der Waals surface area contributed by atoms with E-state index in [1.54, 1.807) is 0 Å². The second-order valence-corrected chi connectivity index (χ2v) is 32.1. The summed E-state index contributed by atoms with van der Waals surface area (Å²) in [5.41, 5.74) is 29.2. The molecule has 3 heterocycles. The van der Waals surface area contributed by atoms with Crippen molar-refractivity contribution in [3.05, 3.63) is 172 Å². The Balaban J connectivity index is 1.17. The molecule has 0 aromatic heterocycles. The lowest BCUT2D eigenvalue weighted by molar-refractivity contribution is 0.195. The first-order valence-corrected chi connectivity index (χ1v) is 31.4. The van der Waals surface area contributed by atoms with Gasteiger partial charge in [-0.15, -0.1) is 0 Å². The van der Waals surface area contributed by atoms with Gasteiger partial charge in [0.25, 0.3) is 6.71 Å². The summed E-state index contributed by atoms with van der Waals surface area (Å²) in [6, 6.07) is 52.4. The van der Waals surface area contributed by atoms with Gasteiger partial charge in [0.2, 0.25) is 0 Å². The summed E-state index contributed by atoms with van der Waals surface area (Å²) in [6.07, 6.45) is 10.6. The van der Waals surface area contributed by atoms with Crippen molar-refractivity contribution in [1.82, 2.24) is 0 Å². The van der Waals surface area contributed by atoms with Crippen LogP contribution in [0.5, 0.6) is 0 Å². The standard InChI is InChI=1S/C77H90BN3/c1-69(2,3)49-29-32-62(52(39-49)48-25-19-18-20-26-48)80-65-46-59-57(74(12,13)47-75(59,14)15)44-61(65)78-60-43-56-58(73(10,11)38-37-72(56,8)9)45-64(60)79(50-30-31-53-55(40-50)71(6,7)36-35-70(53,4)5)66-41-51(42-67(80)68(66)78)81-63-28-22-21-27-54(63)76(16)33-23-24-34-77(76,81)17/h18-22,25-32,39-46H,23-24,33-38,47H2,1-17H3. The topological polar surface area (TPSA) is 9.72 Å². The van der Waals surface area contributed by atoms with E-state index in [0.29, 0.717) is 0 Å². The van der Waals surface area contributed by atoms with Crippen molar-refractivity contribution in [3.63, 3.8) is 0 Å². The molecule has 0 N–H and O–H groups in total. The first-order chi connectivity index (χ1) is 38.0. The fourth-order valence-corrected chi connectivity index (χ4v) is 18.0. The molecule has 7 aliphatic rings. The molecule has 0 amide bonds. The molecule has 81 heavy (non-hydrogen) atoms. The van der Waals surface area contributed by atoms with E-state index in [9.17, 15) is 0 Å². The van der Waals surface area contributed by atoms with Crippen molar-refractivity contribution >= 4 is 68.6 Å². The van der Waals surface area contributed by atoms with E-state index in [1.807, 2.05) is 0 Å². The summed E-state index contributed by atoms with van der Waals surface area (Å²) in [6.45, 7) is 42.4. The average molecular weight is 1070 g/mol. The van der Waals surface area contributed by atoms with Crippen LogP contribution in [0.25, 0.3) is 11.1 Å². The Labute approximate surface area is 488 Å². The Morgan fingerprint density at radius 2 is 0.901 bits per heavy atom. The zero-order valence-electron chi connectivity index (χ0n) is 52.4. The fraction of sp³-hybridized carbons (Fsp3) is 0.455. The lowest BCUT2D eigenvalue weighted by atomic mass is 9.33. The van der Waals surface area contributed by atoms with Crippen LogP contribution in [0, 0.1) is 0 Å². The van der Waals surface area contributed by atoms with Crippen LogP contribution in [0.4, 0.5) is 45.5 Å². The number of hydrogen-bond acceptors (Lipinski definition) is 3. The fourth-order valence-electron chi connectivity index (χ4n) is 18.0. The largest absolute Gasteiger partial charge is 0.334 e. The molecule has 0 radical (unpaired) electrons. The monoisotopic (exact) mass is 1070 g/mol. The van der Waals surface area contributed by atoms with E-state index in [-0.39, 0.29) is 55.6 Å². The Morgan fingerprint density at radius 3 is 1.53 bits per heavy atom. The van der Waals surface area contributed by atoms with Crippen LogP contribution in [0.2, 0.25) is 0 Å². The van der Waals surface area contributed by atoms with Gasteiger partial charge in [0, 0.05) is 50.8 Å². The number of fused-ring (bicyclic) bond motifs is 10. The third kappa shape index (κ3) is 7.45. The first kappa shape index (κ1) is 53.0. The summed E-state index contributed by atoms with van der Waals surface area (Å²) in [4.78, 5) is 8.46. The van der Waals surface area contributed by atoms with Gasteiger partial charge in [-0.2, -0.15) is 0 Å². The van der Waals surface area contributed by atoms with Gasteiger partial charge in [-0.1, -0.05) is 196 Å². The molecule has 0 bridgehead atoms. The van der Waals surface area contributed by atoms with Gasteiger partial charge in [-0.05, 0) is 211 Å². The zero-order valence-corrected chi connectivity index (χ0v) is 52.4.